The van der Waals surface area contributed by atoms with E-state index in [1.54, 1.807) is 28.9 Å². The monoisotopic (exact) mass is 294 g/mol. The van der Waals surface area contributed by atoms with E-state index in [0.29, 0.717) is 11.2 Å². The van der Waals surface area contributed by atoms with Crippen molar-refractivity contribution in [1.29, 1.82) is 0 Å². The smallest absolute Gasteiger partial charge is 0.337 e. The Morgan fingerprint density at radius 1 is 1.14 bits per heavy atom. The van der Waals surface area contributed by atoms with Gasteiger partial charge in [0.2, 0.25) is 0 Å². The average Bonchev–Trinajstić information content (AvgIpc) is 2.90. The fraction of sp³-hybridized carbons (Fsp3) is 0.118. The molecule has 3 aromatic rings. The molecule has 0 bridgehead atoms. The molecule has 0 aliphatic carbocycles. The van der Waals surface area contributed by atoms with Crippen LogP contribution < -0.4 is 0 Å². The molecule has 0 aliphatic rings. The van der Waals surface area contributed by atoms with Gasteiger partial charge in [-0.3, -0.25) is 9.20 Å². The summed E-state index contributed by atoms with van der Waals surface area (Å²) in [4.78, 5) is 27.0. The number of carboxylic acids is 1. The predicted octanol–water partition coefficient (Wildman–Crippen LogP) is 3.21. The lowest BCUT2D eigenvalue weighted by molar-refractivity contribution is 0.0696. The summed E-state index contributed by atoms with van der Waals surface area (Å²) in [5.41, 5.74) is 4.08. The summed E-state index contributed by atoms with van der Waals surface area (Å²) < 4.78 is 1.73. The summed E-state index contributed by atoms with van der Waals surface area (Å²) in [6, 6.07) is 8.67. The minimum Gasteiger partial charge on any atom is -0.478 e. The summed E-state index contributed by atoms with van der Waals surface area (Å²) in [6.45, 7) is 3.46. The number of hydrogen-bond acceptors (Lipinski definition) is 3. The number of imidazole rings is 1. The average molecular weight is 294 g/mol. The third kappa shape index (κ3) is 2.26. The number of aryl methyl sites for hydroxylation is 1. The van der Waals surface area contributed by atoms with Crippen LogP contribution in [0.3, 0.4) is 0 Å². The maximum absolute atomic E-state index is 11.6. The third-order valence-corrected chi connectivity index (χ3v) is 3.67. The minimum atomic E-state index is -0.990. The maximum Gasteiger partial charge on any atom is 0.337 e. The fourth-order valence-corrected chi connectivity index (χ4v) is 2.42. The van der Waals surface area contributed by atoms with Crippen molar-refractivity contribution in [2.24, 2.45) is 0 Å². The molecule has 110 valence electrons. The third-order valence-electron chi connectivity index (χ3n) is 3.67. The lowest BCUT2D eigenvalue weighted by Gasteiger charge is -2.08. The number of hydrogen-bond donors (Lipinski definition) is 1. The quantitative estimate of drug-likeness (QED) is 0.753. The van der Waals surface area contributed by atoms with E-state index in [2.05, 4.69) is 4.98 Å². The van der Waals surface area contributed by atoms with Gasteiger partial charge < -0.3 is 5.11 Å². The molecule has 5 nitrogen and oxygen atoms in total. The number of ketones is 1. The zero-order chi connectivity index (χ0) is 15.9. The Morgan fingerprint density at radius 3 is 2.55 bits per heavy atom. The zero-order valence-corrected chi connectivity index (χ0v) is 12.2. The molecule has 0 saturated carbocycles. The molecule has 2 heterocycles. The van der Waals surface area contributed by atoms with Crippen LogP contribution in [0.5, 0.6) is 0 Å². The van der Waals surface area contributed by atoms with Gasteiger partial charge in [-0.1, -0.05) is 12.1 Å². The molecular weight excluding hydrogens is 280 g/mol. The van der Waals surface area contributed by atoms with Crippen LogP contribution in [0.2, 0.25) is 0 Å². The van der Waals surface area contributed by atoms with Crippen molar-refractivity contribution < 1.29 is 14.7 Å². The molecular formula is C17H14N2O3. The van der Waals surface area contributed by atoms with Crippen molar-refractivity contribution >= 4 is 17.4 Å². The summed E-state index contributed by atoms with van der Waals surface area (Å²) in [6.07, 6.45) is 3.23. The number of nitrogens with zero attached hydrogens (tertiary/aromatic N) is 2. The second kappa shape index (κ2) is 5.11. The number of pyridine rings is 1. The van der Waals surface area contributed by atoms with Gasteiger partial charge in [-0.2, -0.15) is 0 Å². The summed E-state index contributed by atoms with van der Waals surface area (Å²) in [5, 5.41) is 9.14. The van der Waals surface area contributed by atoms with Crippen molar-refractivity contribution in [2.45, 2.75) is 13.8 Å². The lowest BCUT2D eigenvalue weighted by atomic mass is 10.0. The molecule has 0 atom stereocenters. The first kappa shape index (κ1) is 14.0. The number of carboxylic acid groups (broad SMARTS) is 1. The van der Waals surface area contributed by atoms with E-state index in [-0.39, 0.29) is 11.3 Å². The van der Waals surface area contributed by atoms with Crippen molar-refractivity contribution in [3.8, 4) is 11.3 Å². The summed E-state index contributed by atoms with van der Waals surface area (Å²) >= 11 is 0. The van der Waals surface area contributed by atoms with Crippen LogP contribution in [0, 0.1) is 6.92 Å². The van der Waals surface area contributed by atoms with E-state index < -0.39 is 5.97 Å². The fourth-order valence-electron chi connectivity index (χ4n) is 2.42. The van der Waals surface area contributed by atoms with Crippen LogP contribution in [0.25, 0.3) is 16.9 Å². The standard InChI is InChI=1S/C17H14N2O3/c1-10-3-4-12(11(2)20)7-14(10)15-8-18-16-6-5-13(17(21)22)9-19(15)16/h3-9H,1-2H3,(H,21,22). The molecule has 22 heavy (non-hydrogen) atoms. The molecule has 1 N–H and O–H groups in total. The lowest BCUT2D eigenvalue weighted by Crippen LogP contribution is -2.00. The van der Waals surface area contributed by atoms with Gasteiger partial charge in [-0.15, -0.1) is 0 Å². The van der Waals surface area contributed by atoms with Crippen molar-refractivity contribution in [1.82, 2.24) is 9.38 Å². The number of benzene rings is 1. The van der Waals surface area contributed by atoms with E-state index in [1.165, 1.54) is 13.0 Å². The van der Waals surface area contributed by atoms with Crippen molar-refractivity contribution in [3.05, 3.63) is 59.4 Å². The largest absolute Gasteiger partial charge is 0.478 e. The highest BCUT2D eigenvalue weighted by Crippen LogP contribution is 2.26. The van der Waals surface area contributed by atoms with Gasteiger partial charge in [0.15, 0.2) is 5.78 Å². The van der Waals surface area contributed by atoms with Gasteiger partial charge in [-0.05, 0) is 37.6 Å². The van der Waals surface area contributed by atoms with Crippen LogP contribution in [-0.4, -0.2) is 26.2 Å². The first-order chi connectivity index (χ1) is 10.5. The molecule has 1 aromatic carbocycles. The van der Waals surface area contributed by atoms with Gasteiger partial charge in [0.05, 0.1) is 17.5 Å². The first-order valence-electron chi connectivity index (χ1n) is 6.80. The van der Waals surface area contributed by atoms with E-state index >= 15 is 0 Å². The predicted molar refractivity (Wildman–Crippen MR) is 82.3 cm³/mol. The Morgan fingerprint density at radius 2 is 1.86 bits per heavy atom. The number of carbonyl (C=O) groups excluding carboxylic acids is 1. The number of Topliss-reactive ketones (excluding diaryl/α,β-unsaturated/α-hetero) is 1. The number of aromatic nitrogens is 2. The van der Waals surface area contributed by atoms with Crippen LogP contribution >= 0.6 is 0 Å². The van der Waals surface area contributed by atoms with Crippen LogP contribution in [0.15, 0.2) is 42.7 Å². The highest BCUT2D eigenvalue weighted by molar-refractivity contribution is 5.95. The Labute approximate surface area is 126 Å². The van der Waals surface area contributed by atoms with Crippen molar-refractivity contribution in [2.75, 3.05) is 0 Å². The van der Waals surface area contributed by atoms with Crippen LogP contribution in [0.4, 0.5) is 0 Å². The van der Waals surface area contributed by atoms with E-state index in [0.717, 1.165) is 16.8 Å². The van der Waals surface area contributed by atoms with E-state index in [9.17, 15) is 9.59 Å². The highest BCUT2D eigenvalue weighted by Gasteiger charge is 2.12. The second-order valence-electron chi connectivity index (χ2n) is 5.18. The molecule has 0 amide bonds. The molecule has 5 heteroatoms. The van der Waals surface area contributed by atoms with Gasteiger partial charge in [-0.25, -0.2) is 9.78 Å². The molecule has 0 radical (unpaired) electrons. The second-order valence-corrected chi connectivity index (χ2v) is 5.18. The highest BCUT2D eigenvalue weighted by atomic mass is 16.4. The van der Waals surface area contributed by atoms with E-state index in [4.69, 9.17) is 5.11 Å². The van der Waals surface area contributed by atoms with Gasteiger partial charge in [0.1, 0.15) is 5.65 Å². The number of carbonyl (C=O) groups is 2. The molecule has 0 aliphatic heterocycles. The number of fused-ring (bicyclic) bond motifs is 1. The van der Waals surface area contributed by atoms with E-state index in [1.807, 2.05) is 19.1 Å². The molecule has 0 unspecified atom stereocenters. The molecule has 0 spiro atoms. The Balaban J connectivity index is 2.26. The van der Waals surface area contributed by atoms with Crippen LogP contribution in [0.1, 0.15) is 33.2 Å². The summed E-state index contributed by atoms with van der Waals surface area (Å²) in [5.74, 6) is -1.00. The Hall–Kier alpha value is -2.95. The van der Waals surface area contributed by atoms with Gasteiger partial charge in [0.25, 0.3) is 0 Å². The first-order valence-corrected chi connectivity index (χ1v) is 6.80. The van der Waals surface area contributed by atoms with Crippen LogP contribution in [-0.2, 0) is 0 Å². The topological polar surface area (TPSA) is 71.7 Å². The normalized spacial score (nSPS) is 10.8. The molecule has 2 aromatic heterocycles. The Bertz CT molecular complexity index is 909. The molecule has 0 fully saturated rings. The molecule has 3 rings (SSSR count). The summed E-state index contributed by atoms with van der Waals surface area (Å²) in [7, 11) is 0. The SMILES string of the molecule is CC(=O)c1ccc(C)c(-c2cnc3ccc(C(=O)O)cn23)c1. The Kier molecular flexibility index (Phi) is 3.25. The maximum atomic E-state index is 11.6. The zero-order valence-electron chi connectivity index (χ0n) is 12.2. The molecule has 0 saturated heterocycles. The van der Waals surface area contributed by atoms with Gasteiger partial charge in [0, 0.05) is 17.3 Å². The number of aromatic carboxylic acids is 1. The number of rotatable bonds is 3. The minimum absolute atomic E-state index is 0.0127. The van der Waals surface area contributed by atoms with Crippen molar-refractivity contribution in [3.63, 3.8) is 0 Å². The van der Waals surface area contributed by atoms with Gasteiger partial charge >= 0.3 is 5.97 Å².